The zero-order chi connectivity index (χ0) is 10.1. The van der Waals surface area contributed by atoms with Crippen molar-refractivity contribution in [1.29, 1.82) is 0 Å². The van der Waals surface area contributed by atoms with Crippen LogP contribution in [0.3, 0.4) is 0 Å². The van der Waals surface area contributed by atoms with E-state index in [4.69, 9.17) is 0 Å². The van der Waals surface area contributed by atoms with Gasteiger partial charge in [-0.15, -0.1) is 0 Å². The van der Waals surface area contributed by atoms with Crippen LogP contribution < -0.4 is 5.32 Å². The summed E-state index contributed by atoms with van der Waals surface area (Å²) in [5.74, 6) is 0.382. The molecule has 0 aromatic carbocycles. The highest BCUT2D eigenvalue weighted by atomic mass is 19.1. The van der Waals surface area contributed by atoms with Crippen molar-refractivity contribution >= 4 is 0 Å². The molecule has 2 nitrogen and oxygen atoms in total. The predicted molar refractivity (Wildman–Crippen MR) is 53.6 cm³/mol. The highest BCUT2D eigenvalue weighted by Gasteiger charge is 2.25. The molecular weight excluding hydrogens is 179 g/mol. The maximum atomic E-state index is 13.6. The molecule has 0 spiro atoms. The lowest BCUT2D eigenvalue weighted by Crippen LogP contribution is -2.15. The largest absolute Gasteiger partial charge is 0.312 e. The number of hydrogen-bond donors (Lipinski definition) is 1. The zero-order valence-electron chi connectivity index (χ0n) is 8.55. The van der Waals surface area contributed by atoms with Gasteiger partial charge in [-0.1, -0.05) is 0 Å². The molecule has 1 fully saturated rings. The van der Waals surface area contributed by atoms with Crippen molar-refractivity contribution in [3.63, 3.8) is 0 Å². The fourth-order valence-corrected chi connectivity index (χ4v) is 1.56. The molecule has 2 rings (SSSR count). The quantitative estimate of drug-likeness (QED) is 0.799. The number of pyridine rings is 1. The molecular formula is C11H15FN2. The van der Waals surface area contributed by atoms with E-state index in [2.05, 4.69) is 10.3 Å². The van der Waals surface area contributed by atoms with Crippen LogP contribution in [-0.4, -0.2) is 12.0 Å². The molecule has 0 aliphatic heterocycles. The van der Waals surface area contributed by atoms with Crippen LogP contribution >= 0.6 is 0 Å². The van der Waals surface area contributed by atoms with Gasteiger partial charge in [0, 0.05) is 12.2 Å². The third-order valence-corrected chi connectivity index (χ3v) is 2.78. The van der Waals surface area contributed by atoms with Crippen molar-refractivity contribution < 1.29 is 4.39 Å². The molecule has 0 saturated heterocycles. The zero-order valence-corrected chi connectivity index (χ0v) is 8.55. The number of aromatic nitrogens is 1. The van der Waals surface area contributed by atoms with Gasteiger partial charge in [0.15, 0.2) is 0 Å². The van der Waals surface area contributed by atoms with Crippen molar-refractivity contribution in [2.24, 2.45) is 0 Å². The lowest BCUT2D eigenvalue weighted by atomic mass is 10.1. The number of nitrogens with zero attached hydrogens (tertiary/aromatic N) is 1. The Morgan fingerprint density at radius 3 is 2.79 bits per heavy atom. The maximum Gasteiger partial charge on any atom is 0.146 e. The van der Waals surface area contributed by atoms with Crippen LogP contribution in [0.15, 0.2) is 12.3 Å². The summed E-state index contributed by atoms with van der Waals surface area (Å²) in [6.07, 6.45) is 4.17. The van der Waals surface area contributed by atoms with Crippen LogP contribution in [0.25, 0.3) is 0 Å². The molecule has 1 saturated carbocycles. The van der Waals surface area contributed by atoms with Crippen LogP contribution in [0.4, 0.5) is 4.39 Å². The normalized spacial score (nSPS) is 18.2. The van der Waals surface area contributed by atoms with Gasteiger partial charge in [-0.25, -0.2) is 4.39 Å². The second-order valence-corrected chi connectivity index (χ2v) is 3.92. The Labute approximate surface area is 83.6 Å². The highest BCUT2D eigenvalue weighted by Crippen LogP contribution is 2.40. The summed E-state index contributed by atoms with van der Waals surface area (Å²) in [6, 6.07) is 1.61. The fourth-order valence-electron chi connectivity index (χ4n) is 1.56. The third kappa shape index (κ3) is 1.77. The first-order chi connectivity index (χ1) is 6.72. The number of rotatable bonds is 3. The maximum absolute atomic E-state index is 13.6. The van der Waals surface area contributed by atoms with Gasteiger partial charge in [-0.3, -0.25) is 4.98 Å². The fraction of sp³-hybridized carbons (Fsp3) is 0.545. The molecule has 14 heavy (non-hydrogen) atoms. The van der Waals surface area contributed by atoms with Gasteiger partial charge < -0.3 is 5.32 Å². The molecule has 1 heterocycles. The minimum Gasteiger partial charge on any atom is -0.312 e. The van der Waals surface area contributed by atoms with Crippen LogP contribution in [0.2, 0.25) is 0 Å². The summed E-state index contributed by atoms with van der Waals surface area (Å²) in [5, 5.41) is 2.98. The van der Waals surface area contributed by atoms with Crippen LogP contribution in [0.5, 0.6) is 0 Å². The van der Waals surface area contributed by atoms with E-state index in [1.165, 1.54) is 12.8 Å². The highest BCUT2D eigenvalue weighted by molar-refractivity contribution is 5.24. The van der Waals surface area contributed by atoms with Crippen LogP contribution in [-0.2, 0) is 0 Å². The minimum absolute atomic E-state index is 0.0248. The van der Waals surface area contributed by atoms with Crippen LogP contribution in [0, 0.1) is 5.82 Å². The van der Waals surface area contributed by atoms with E-state index >= 15 is 0 Å². The van der Waals surface area contributed by atoms with Gasteiger partial charge in [0.1, 0.15) is 5.82 Å². The molecule has 1 N–H and O–H groups in total. The molecule has 76 valence electrons. The molecule has 3 heteroatoms. The van der Waals surface area contributed by atoms with Gasteiger partial charge in [0.25, 0.3) is 0 Å². The number of nitrogens with one attached hydrogen (secondary N) is 1. The van der Waals surface area contributed by atoms with E-state index in [1.807, 2.05) is 13.1 Å². The Hall–Kier alpha value is -0.960. The standard InChI is InChI=1S/C11H15FN2/c1-7(13-2)11-10(12)5-9(6-14-11)8-3-4-8/h5-8,13H,3-4H2,1-2H3/t7-/m1/s1. The van der Waals surface area contributed by atoms with E-state index in [1.54, 1.807) is 13.1 Å². The topological polar surface area (TPSA) is 24.9 Å². The Balaban J connectivity index is 2.26. The molecule has 1 aromatic heterocycles. The smallest absolute Gasteiger partial charge is 0.146 e. The summed E-state index contributed by atoms with van der Waals surface area (Å²) < 4.78 is 13.6. The van der Waals surface area contributed by atoms with E-state index in [-0.39, 0.29) is 11.9 Å². The summed E-state index contributed by atoms with van der Waals surface area (Å²) in [7, 11) is 1.81. The molecule has 0 unspecified atom stereocenters. The second-order valence-electron chi connectivity index (χ2n) is 3.92. The van der Waals surface area contributed by atoms with E-state index in [9.17, 15) is 4.39 Å². The average Bonchev–Trinajstić information content (AvgIpc) is 3.00. The molecule has 1 aliphatic carbocycles. The summed E-state index contributed by atoms with van der Waals surface area (Å²) >= 11 is 0. The Kier molecular flexibility index (Phi) is 2.50. The third-order valence-electron chi connectivity index (χ3n) is 2.78. The number of halogens is 1. The average molecular weight is 194 g/mol. The van der Waals surface area contributed by atoms with E-state index in [0.717, 1.165) is 5.56 Å². The molecule has 0 bridgehead atoms. The van der Waals surface area contributed by atoms with Crippen molar-refractivity contribution in [1.82, 2.24) is 10.3 Å². The summed E-state index contributed by atoms with van der Waals surface area (Å²) in [5.41, 5.74) is 1.56. The Bertz CT molecular complexity index is 334. The Morgan fingerprint density at radius 2 is 2.29 bits per heavy atom. The van der Waals surface area contributed by atoms with Crippen molar-refractivity contribution in [3.8, 4) is 0 Å². The van der Waals surface area contributed by atoms with Gasteiger partial charge >= 0.3 is 0 Å². The first-order valence-corrected chi connectivity index (χ1v) is 5.05. The molecule has 1 aliphatic rings. The lowest BCUT2D eigenvalue weighted by molar-refractivity contribution is 0.542. The van der Waals surface area contributed by atoms with Gasteiger partial charge in [0.05, 0.1) is 5.69 Å². The van der Waals surface area contributed by atoms with Gasteiger partial charge in [-0.05, 0) is 44.4 Å². The predicted octanol–water partition coefficient (Wildman–Crippen LogP) is 2.38. The molecule has 0 amide bonds. The minimum atomic E-state index is -0.184. The van der Waals surface area contributed by atoms with Gasteiger partial charge in [0.2, 0.25) is 0 Å². The van der Waals surface area contributed by atoms with Crippen molar-refractivity contribution in [3.05, 3.63) is 29.3 Å². The first-order valence-electron chi connectivity index (χ1n) is 5.05. The monoisotopic (exact) mass is 194 g/mol. The van der Waals surface area contributed by atoms with Gasteiger partial charge in [-0.2, -0.15) is 0 Å². The molecule has 1 aromatic rings. The molecule has 0 radical (unpaired) electrons. The molecule has 1 atom stereocenters. The van der Waals surface area contributed by atoms with Crippen LogP contribution in [0.1, 0.15) is 43.0 Å². The number of hydrogen-bond acceptors (Lipinski definition) is 2. The summed E-state index contributed by atoms with van der Waals surface area (Å²) in [4.78, 5) is 4.17. The Morgan fingerprint density at radius 1 is 1.57 bits per heavy atom. The first kappa shape index (κ1) is 9.59. The van der Waals surface area contributed by atoms with E-state index < -0.39 is 0 Å². The lowest BCUT2D eigenvalue weighted by Gasteiger charge is -2.11. The van der Waals surface area contributed by atoms with Crippen molar-refractivity contribution in [2.75, 3.05) is 7.05 Å². The van der Waals surface area contributed by atoms with Crippen molar-refractivity contribution in [2.45, 2.75) is 31.7 Å². The van der Waals surface area contributed by atoms with E-state index in [0.29, 0.717) is 11.6 Å². The SMILES string of the molecule is CN[C@H](C)c1ncc(C2CC2)cc1F. The summed E-state index contributed by atoms with van der Waals surface area (Å²) in [6.45, 7) is 1.90. The second kappa shape index (κ2) is 3.65.